The van der Waals surface area contributed by atoms with E-state index in [1.165, 1.54) is 14.2 Å². The molecule has 0 saturated carbocycles. The van der Waals surface area contributed by atoms with Gasteiger partial charge in [0.15, 0.2) is 12.1 Å². The standard InChI is InChI=1S/C22H25N5O4/c1-12-10-13(2)25-22(24-12)27-21(23-11-17(30-4)31-5)26-14(3)18-19(28)15-8-6-7-9-16(15)20(18)29/h6-10,17,28H,11H2,1-5H3,(H,23,24,25,27)/b26-14+. The van der Waals surface area contributed by atoms with Crippen LogP contribution in [0.2, 0.25) is 0 Å². The highest BCUT2D eigenvalue weighted by molar-refractivity contribution is 6.36. The van der Waals surface area contributed by atoms with Gasteiger partial charge in [-0.25, -0.2) is 20.0 Å². The van der Waals surface area contributed by atoms with Gasteiger partial charge >= 0.3 is 0 Å². The van der Waals surface area contributed by atoms with Crippen molar-refractivity contribution >= 4 is 29.2 Å². The summed E-state index contributed by atoms with van der Waals surface area (Å²) in [6, 6.07) is 8.73. The van der Waals surface area contributed by atoms with Crippen molar-refractivity contribution in [1.29, 1.82) is 0 Å². The number of hydrogen-bond donors (Lipinski definition) is 2. The average molecular weight is 423 g/mol. The Bertz CT molecular complexity index is 1070. The largest absolute Gasteiger partial charge is 0.506 e. The van der Waals surface area contributed by atoms with Crippen LogP contribution in [0.1, 0.15) is 34.2 Å². The van der Waals surface area contributed by atoms with E-state index < -0.39 is 6.29 Å². The first kappa shape index (κ1) is 22.3. The third kappa shape index (κ3) is 5.01. The number of allylic oxidation sites excluding steroid dienone is 1. The number of benzene rings is 1. The number of nitrogens with zero attached hydrogens (tertiary/aromatic N) is 4. The third-order valence-corrected chi connectivity index (χ3v) is 4.65. The smallest absolute Gasteiger partial charge is 0.230 e. The van der Waals surface area contributed by atoms with Gasteiger partial charge in [-0.15, -0.1) is 0 Å². The average Bonchev–Trinajstić information content (AvgIpc) is 2.98. The number of carbonyl (C=O) groups is 1. The normalized spacial score (nSPS) is 14.5. The second-order valence-electron chi connectivity index (χ2n) is 6.96. The number of fused-ring (bicyclic) bond motifs is 1. The number of Topliss-reactive ketones (excluding diaryl/α,β-unsaturated/α-hetero) is 1. The SMILES string of the molecule is COC(CN=C(/N=C(\C)C1=C(O)c2ccccc2C1=O)Nc1nc(C)cc(C)n1)OC. The minimum atomic E-state index is -0.572. The fraction of sp³-hybridized carbons (Fsp3) is 0.318. The molecule has 0 spiro atoms. The van der Waals surface area contributed by atoms with Gasteiger partial charge in [-0.3, -0.25) is 10.1 Å². The molecule has 162 valence electrons. The van der Waals surface area contributed by atoms with Crippen molar-refractivity contribution in [1.82, 2.24) is 9.97 Å². The summed E-state index contributed by atoms with van der Waals surface area (Å²) in [6.45, 7) is 5.50. The van der Waals surface area contributed by atoms with Gasteiger partial charge in [0.2, 0.25) is 11.9 Å². The van der Waals surface area contributed by atoms with Crippen molar-refractivity contribution in [2.24, 2.45) is 9.98 Å². The van der Waals surface area contributed by atoms with Gasteiger partial charge in [0.25, 0.3) is 0 Å². The number of hydrogen-bond acceptors (Lipinski definition) is 7. The maximum absolute atomic E-state index is 12.8. The summed E-state index contributed by atoms with van der Waals surface area (Å²) in [5.41, 5.74) is 2.92. The molecular formula is C22H25N5O4. The van der Waals surface area contributed by atoms with Crippen molar-refractivity contribution < 1.29 is 19.4 Å². The van der Waals surface area contributed by atoms with Crippen molar-refractivity contribution in [3.63, 3.8) is 0 Å². The molecule has 9 heteroatoms. The minimum absolute atomic E-state index is 0.101. The van der Waals surface area contributed by atoms with Gasteiger partial charge in [-0.05, 0) is 26.8 Å². The lowest BCUT2D eigenvalue weighted by atomic mass is 10.1. The molecule has 0 atom stereocenters. The molecule has 2 N–H and O–H groups in total. The highest BCUT2D eigenvalue weighted by atomic mass is 16.7. The molecule has 3 rings (SSSR count). The van der Waals surface area contributed by atoms with Gasteiger partial charge in [0.05, 0.1) is 17.8 Å². The van der Waals surface area contributed by atoms with E-state index in [9.17, 15) is 9.90 Å². The molecular weight excluding hydrogens is 398 g/mol. The first-order chi connectivity index (χ1) is 14.8. The Labute approximate surface area is 180 Å². The van der Waals surface area contributed by atoms with Gasteiger partial charge in [-0.1, -0.05) is 24.3 Å². The Morgan fingerprint density at radius 3 is 2.32 bits per heavy atom. The van der Waals surface area contributed by atoms with Gasteiger partial charge in [0.1, 0.15) is 5.76 Å². The molecule has 0 amide bonds. The van der Waals surface area contributed by atoms with E-state index >= 15 is 0 Å². The molecule has 1 aromatic heterocycles. The summed E-state index contributed by atoms with van der Waals surface area (Å²) in [4.78, 5) is 30.4. The molecule has 1 aromatic carbocycles. The van der Waals surface area contributed by atoms with E-state index in [4.69, 9.17) is 9.47 Å². The lowest BCUT2D eigenvalue weighted by Crippen LogP contribution is -2.21. The summed E-state index contributed by atoms with van der Waals surface area (Å²) in [5.74, 6) is 0.0857. The van der Waals surface area contributed by atoms with Crippen LogP contribution >= 0.6 is 0 Å². The minimum Gasteiger partial charge on any atom is -0.506 e. The lowest BCUT2D eigenvalue weighted by molar-refractivity contribution is -0.0936. The molecule has 2 aromatic rings. The van der Waals surface area contributed by atoms with Gasteiger partial charge in [-0.2, -0.15) is 0 Å². The zero-order chi connectivity index (χ0) is 22.5. The second-order valence-corrected chi connectivity index (χ2v) is 6.96. The van der Waals surface area contributed by atoms with Crippen molar-refractivity contribution in [3.8, 4) is 0 Å². The number of methoxy groups -OCH3 is 2. The quantitative estimate of drug-likeness (QED) is 0.416. The summed E-state index contributed by atoms with van der Waals surface area (Å²) in [7, 11) is 3.02. The number of ketones is 1. The highest BCUT2D eigenvalue weighted by Gasteiger charge is 2.31. The summed E-state index contributed by atoms with van der Waals surface area (Å²) in [6.07, 6.45) is -0.572. The maximum Gasteiger partial charge on any atom is 0.230 e. The molecule has 0 unspecified atom stereocenters. The first-order valence-electron chi connectivity index (χ1n) is 9.66. The van der Waals surface area contributed by atoms with Gasteiger partial charge in [0, 0.05) is 36.7 Å². The number of aliphatic imine (C=N–C) groups is 2. The number of aromatic nitrogens is 2. The van der Waals surface area contributed by atoms with Crippen LogP contribution < -0.4 is 5.32 Å². The molecule has 1 aliphatic rings. The Morgan fingerprint density at radius 2 is 1.74 bits per heavy atom. The van der Waals surface area contributed by atoms with Crippen LogP contribution in [-0.2, 0) is 9.47 Å². The molecule has 1 heterocycles. The summed E-state index contributed by atoms with van der Waals surface area (Å²) < 4.78 is 10.4. The summed E-state index contributed by atoms with van der Waals surface area (Å²) >= 11 is 0. The van der Waals surface area contributed by atoms with Crippen molar-refractivity contribution in [2.75, 3.05) is 26.1 Å². The van der Waals surface area contributed by atoms with E-state index in [1.54, 1.807) is 31.2 Å². The number of ether oxygens (including phenoxy) is 2. The van der Waals surface area contributed by atoms with E-state index in [2.05, 4.69) is 25.3 Å². The second kappa shape index (κ2) is 9.59. The molecule has 1 aliphatic carbocycles. The van der Waals surface area contributed by atoms with Gasteiger partial charge < -0.3 is 14.6 Å². The Morgan fingerprint density at radius 1 is 1.13 bits per heavy atom. The molecule has 9 nitrogen and oxygen atoms in total. The van der Waals surface area contributed by atoms with E-state index in [-0.39, 0.29) is 29.6 Å². The number of aliphatic hydroxyl groups is 1. The number of nitrogens with one attached hydrogen (secondary N) is 1. The summed E-state index contributed by atoms with van der Waals surface area (Å²) in [5, 5.41) is 13.6. The maximum atomic E-state index is 12.8. The highest BCUT2D eigenvalue weighted by Crippen LogP contribution is 2.31. The lowest BCUT2D eigenvalue weighted by Gasteiger charge is -2.12. The number of carbonyl (C=O) groups excluding carboxylic acids is 1. The number of aliphatic hydroxyl groups excluding tert-OH is 1. The van der Waals surface area contributed by atoms with Crippen LogP contribution in [0.15, 0.2) is 45.9 Å². The van der Waals surface area contributed by atoms with Crippen LogP contribution in [-0.4, -0.2) is 59.6 Å². The Balaban J connectivity index is 1.97. The number of aryl methyl sites for hydroxylation is 2. The third-order valence-electron chi connectivity index (χ3n) is 4.65. The monoisotopic (exact) mass is 423 g/mol. The fourth-order valence-electron chi connectivity index (χ4n) is 3.21. The predicted molar refractivity (Wildman–Crippen MR) is 119 cm³/mol. The Hall–Kier alpha value is -3.43. The number of rotatable bonds is 6. The van der Waals surface area contributed by atoms with Crippen molar-refractivity contribution in [3.05, 3.63) is 58.4 Å². The molecule has 0 saturated heterocycles. The zero-order valence-electron chi connectivity index (χ0n) is 18.1. The molecule has 0 aliphatic heterocycles. The van der Waals surface area contributed by atoms with Crippen LogP contribution in [0.25, 0.3) is 5.76 Å². The zero-order valence-corrected chi connectivity index (χ0v) is 18.1. The molecule has 0 radical (unpaired) electrons. The van der Waals surface area contributed by atoms with E-state index in [0.29, 0.717) is 22.8 Å². The molecule has 0 bridgehead atoms. The van der Waals surface area contributed by atoms with Crippen LogP contribution in [0.4, 0.5) is 5.95 Å². The van der Waals surface area contributed by atoms with Crippen LogP contribution in [0.3, 0.4) is 0 Å². The molecule has 0 fully saturated rings. The van der Waals surface area contributed by atoms with Crippen LogP contribution in [0, 0.1) is 13.8 Å². The van der Waals surface area contributed by atoms with E-state index in [0.717, 1.165) is 11.4 Å². The number of anilines is 1. The Kier molecular flexibility index (Phi) is 6.88. The van der Waals surface area contributed by atoms with Crippen LogP contribution in [0.5, 0.6) is 0 Å². The topological polar surface area (TPSA) is 118 Å². The van der Waals surface area contributed by atoms with E-state index in [1.807, 2.05) is 19.9 Å². The fourth-order valence-corrected chi connectivity index (χ4v) is 3.21. The molecule has 31 heavy (non-hydrogen) atoms. The first-order valence-corrected chi connectivity index (χ1v) is 9.66. The van der Waals surface area contributed by atoms with Crippen molar-refractivity contribution in [2.45, 2.75) is 27.1 Å². The predicted octanol–water partition coefficient (Wildman–Crippen LogP) is 3.11. The number of guanidine groups is 1.